The molecule has 3 rings (SSSR count). The van der Waals surface area contributed by atoms with Gasteiger partial charge in [-0.25, -0.2) is 14.5 Å². The Hall–Kier alpha value is -4.14. The standard InChI is InChI=1S/C21H18N2O7/c1-3-30-14-7-5-13(6-8-14)23-19(25)16(18(24)22-21(23)28)11-12-4-9-17(29-2)15(10-12)20(26)27/h4-11H,3H2,1-2H3,(H,26,27)(H,22,24,28). The fourth-order valence-electron chi connectivity index (χ4n) is 2.90. The molecule has 2 aromatic rings. The first-order valence-electron chi connectivity index (χ1n) is 8.91. The highest BCUT2D eigenvalue weighted by Gasteiger charge is 2.36. The number of urea groups is 1. The number of carbonyl (C=O) groups is 4. The molecule has 0 atom stereocenters. The molecule has 1 fully saturated rings. The van der Waals surface area contributed by atoms with Crippen LogP contribution < -0.4 is 19.7 Å². The lowest BCUT2D eigenvalue weighted by atomic mass is 10.0. The predicted octanol–water partition coefficient (Wildman–Crippen LogP) is 2.46. The van der Waals surface area contributed by atoms with E-state index in [1.54, 1.807) is 12.1 Å². The zero-order valence-corrected chi connectivity index (χ0v) is 16.2. The van der Waals surface area contributed by atoms with Crippen LogP contribution in [0.5, 0.6) is 11.5 Å². The van der Waals surface area contributed by atoms with Crippen molar-refractivity contribution in [3.63, 3.8) is 0 Å². The molecule has 1 saturated heterocycles. The molecule has 9 nitrogen and oxygen atoms in total. The van der Waals surface area contributed by atoms with Crippen LogP contribution in [0.4, 0.5) is 10.5 Å². The van der Waals surface area contributed by atoms with E-state index in [0.29, 0.717) is 12.4 Å². The summed E-state index contributed by atoms with van der Waals surface area (Å²) in [6.45, 7) is 2.29. The third kappa shape index (κ3) is 4.00. The molecule has 1 aliphatic rings. The fourth-order valence-corrected chi connectivity index (χ4v) is 2.90. The van der Waals surface area contributed by atoms with Crippen LogP contribution in [0.15, 0.2) is 48.0 Å². The van der Waals surface area contributed by atoms with Gasteiger partial charge in [0, 0.05) is 0 Å². The minimum absolute atomic E-state index is 0.130. The van der Waals surface area contributed by atoms with Crippen molar-refractivity contribution in [2.45, 2.75) is 6.92 Å². The minimum Gasteiger partial charge on any atom is -0.496 e. The van der Waals surface area contributed by atoms with E-state index in [1.165, 1.54) is 43.5 Å². The van der Waals surface area contributed by atoms with Crippen molar-refractivity contribution in [1.29, 1.82) is 0 Å². The maximum absolute atomic E-state index is 12.9. The summed E-state index contributed by atoms with van der Waals surface area (Å²) >= 11 is 0. The molecule has 30 heavy (non-hydrogen) atoms. The van der Waals surface area contributed by atoms with E-state index in [4.69, 9.17) is 9.47 Å². The van der Waals surface area contributed by atoms with Gasteiger partial charge >= 0.3 is 12.0 Å². The largest absolute Gasteiger partial charge is 0.496 e. The Bertz CT molecular complexity index is 1060. The summed E-state index contributed by atoms with van der Waals surface area (Å²) in [5.74, 6) is -2.23. The Morgan fingerprint density at radius 1 is 1.13 bits per heavy atom. The molecule has 2 N–H and O–H groups in total. The Morgan fingerprint density at radius 2 is 1.83 bits per heavy atom. The van der Waals surface area contributed by atoms with Crippen molar-refractivity contribution in [3.8, 4) is 11.5 Å². The Morgan fingerprint density at radius 3 is 2.43 bits per heavy atom. The molecule has 9 heteroatoms. The van der Waals surface area contributed by atoms with E-state index in [9.17, 15) is 24.3 Å². The van der Waals surface area contributed by atoms with Gasteiger partial charge in [0.25, 0.3) is 11.8 Å². The molecule has 0 unspecified atom stereocenters. The lowest BCUT2D eigenvalue weighted by molar-refractivity contribution is -0.122. The lowest BCUT2D eigenvalue weighted by Crippen LogP contribution is -2.54. The van der Waals surface area contributed by atoms with Crippen molar-refractivity contribution >= 4 is 35.6 Å². The summed E-state index contributed by atoms with van der Waals surface area (Å²) in [5.41, 5.74) is 0.0907. The van der Waals surface area contributed by atoms with E-state index in [-0.39, 0.29) is 28.1 Å². The molecule has 0 aliphatic carbocycles. The number of hydrogen-bond acceptors (Lipinski definition) is 6. The van der Waals surface area contributed by atoms with Crippen LogP contribution in [0.25, 0.3) is 6.08 Å². The van der Waals surface area contributed by atoms with Crippen molar-refractivity contribution in [1.82, 2.24) is 5.32 Å². The van der Waals surface area contributed by atoms with Gasteiger partial charge in [0.05, 0.1) is 19.4 Å². The second-order valence-corrected chi connectivity index (χ2v) is 6.15. The Kier molecular flexibility index (Phi) is 5.82. The van der Waals surface area contributed by atoms with Crippen LogP contribution in [-0.2, 0) is 9.59 Å². The number of anilines is 1. The molecule has 0 saturated carbocycles. The normalized spacial score (nSPS) is 15.2. The van der Waals surface area contributed by atoms with Gasteiger partial charge < -0.3 is 14.6 Å². The van der Waals surface area contributed by atoms with Crippen LogP contribution >= 0.6 is 0 Å². The maximum Gasteiger partial charge on any atom is 0.339 e. The average Bonchev–Trinajstić information content (AvgIpc) is 2.72. The predicted molar refractivity (Wildman–Crippen MR) is 107 cm³/mol. The Balaban J connectivity index is 1.98. The van der Waals surface area contributed by atoms with Crippen LogP contribution in [0.3, 0.4) is 0 Å². The zero-order valence-electron chi connectivity index (χ0n) is 16.2. The summed E-state index contributed by atoms with van der Waals surface area (Å²) in [6.07, 6.45) is 1.22. The maximum atomic E-state index is 12.9. The number of rotatable bonds is 6. The molecule has 0 spiro atoms. The third-order valence-electron chi connectivity index (χ3n) is 4.27. The lowest BCUT2D eigenvalue weighted by Gasteiger charge is -2.26. The summed E-state index contributed by atoms with van der Waals surface area (Å²) in [4.78, 5) is 49.7. The van der Waals surface area contributed by atoms with Gasteiger partial charge in [-0.1, -0.05) is 6.07 Å². The van der Waals surface area contributed by atoms with Crippen LogP contribution in [-0.4, -0.2) is 42.6 Å². The van der Waals surface area contributed by atoms with Crippen LogP contribution in [0, 0.1) is 0 Å². The molecule has 0 aromatic heterocycles. The molecule has 0 radical (unpaired) electrons. The summed E-state index contributed by atoms with van der Waals surface area (Å²) in [7, 11) is 1.33. The van der Waals surface area contributed by atoms with Crippen molar-refractivity contribution < 1.29 is 33.8 Å². The summed E-state index contributed by atoms with van der Waals surface area (Å²) < 4.78 is 10.3. The number of amides is 4. The van der Waals surface area contributed by atoms with Gasteiger partial charge in [-0.05, 0) is 55.0 Å². The number of ether oxygens (including phenoxy) is 2. The number of barbiturate groups is 1. The fraction of sp³-hybridized carbons (Fsp3) is 0.143. The number of carboxylic acid groups (broad SMARTS) is 1. The number of carboxylic acids is 1. The molecule has 1 aliphatic heterocycles. The number of imide groups is 2. The number of methoxy groups -OCH3 is 1. The van der Waals surface area contributed by atoms with Gasteiger partial charge in [-0.15, -0.1) is 0 Å². The molecule has 1 heterocycles. The van der Waals surface area contributed by atoms with Gasteiger partial charge in [-0.2, -0.15) is 0 Å². The van der Waals surface area contributed by atoms with E-state index >= 15 is 0 Å². The topological polar surface area (TPSA) is 122 Å². The highest BCUT2D eigenvalue weighted by molar-refractivity contribution is 6.39. The Labute approximate surface area is 171 Å². The summed E-state index contributed by atoms with van der Waals surface area (Å²) in [6, 6.07) is 9.54. The average molecular weight is 410 g/mol. The molecule has 0 bridgehead atoms. The van der Waals surface area contributed by atoms with Gasteiger partial charge in [0.2, 0.25) is 0 Å². The van der Waals surface area contributed by atoms with Crippen LogP contribution in [0.2, 0.25) is 0 Å². The first-order chi connectivity index (χ1) is 14.3. The highest BCUT2D eigenvalue weighted by Crippen LogP contribution is 2.26. The van der Waals surface area contributed by atoms with Crippen molar-refractivity contribution in [2.24, 2.45) is 0 Å². The van der Waals surface area contributed by atoms with Crippen LogP contribution in [0.1, 0.15) is 22.8 Å². The monoisotopic (exact) mass is 410 g/mol. The van der Waals surface area contributed by atoms with Gasteiger partial charge in [0.15, 0.2) is 0 Å². The van der Waals surface area contributed by atoms with E-state index < -0.39 is 23.8 Å². The number of nitrogens with zero attached hydrogens (tertiary/aromatic N) is 1. The molecular formula is C21H18N2O7. The van der Waals surface area contributed by atoms with Gasteiger partial charge in [0.1, 0.15) is 22.6 Å². The smallest absolute Gasteiger partial charge is 0.339 e. The highest BCUT2D eigenvalue weighted by atomic mass is 16.5. The second kappa shape index (κ2) is 8.48. The molecule has 2 aromatic carbocycles. The third-order valence-corrected chi connectivity index (χ3v) is 4.27. The van der Waals surface area contributed by atoms with E-state index in [0.717, 1.165) is 4.90 Å². The number of carbonyl (C=O) groups excluding carboxylic acids is 3. The minimum atomic E-state index is -1.22. The molecular weight excluding hydrogens is 392 g/mol. The molecule has 4 amide bonds. The number of hydrogen-bond donors (Lipinski definition) is 2. The number of benzene rings is 2. The van der Waals surface area contributed by atoms with Crippen molar-refractivity contribution in [2.75, 3.05) is 18.6 Å². The number of aromatic carboxylic acids is 1. The van der Waals surface area contributed by atoms with E-state index in [1.807, 2.05) is 6.92 Å². The summed E-state index contributed by atoms with van der Waals surface area (Å²) in [5, 5.41) is 11.4. The van der Waals surface area contributed by atoms with Gasteiger partial charge in [-0.3, -0.25) is 14.9 Å². The molecule has 154 valence electrons. The zero-order chi connectivity index (χ0) is 21.8. The quantitative estimate of drug-likeness (QED) is 0.554. The first-order valence-corrected chi connectivity index (χ1v) is 8.91. The van der Waals surface area contributed by atoms with Crippen molar-refractivity contribution in [3.05, 3.63) is 59.2 Å². The first kappa shape index (κ1) is 20.6. The SMILES string of the molecule is CCOc1ccc(N2C(=O)NC(=O)C(=Cc3ccc(OC)c(C(=O)O)c3)C2=O)cc1. The second-order valence-electron chi connectivity index (χ2n) is 6.15. The van der Waals surface area contributed by atoms with E-state index in [2.05, 4.69) is 5.32 Å². The number of nitrogens with one attached hydrogen (secondary N) is 1.